The number of benzene rings is 2. The average molecular weight is 283 g/mol. The fourth-order valence-corrected chi connectivity index (χ4v) is 2.41. The SMILES string of the molecule is COc1ccc(CN(C)c2ccccc2C)cc1C(=N)N. The van der Waals surface area contributed by atoms with Gasteiger partial charge in [0.1, 0.15) is 11.6 Å². The first-order chi connectivity index (χ1) is 10.0. The highest BCUT2D eigenvalue weighted by Crippen LogP contribution is 2.23. The molecule has 21 heavy (non-hydrogen) atoms. The molecular weight excluding hydrogens is 262 g/mol. The molecule has 0 fully saturated rings. The van der Waals surface area contributed by atoms with E-state index < -0.39 is 0 Å². The van der Waals surface area contributed by atoms with E-state index >= 15 is 0 Å². The number of nitrogens with zero attached hydrogens (tertiary/aromatic N) is 1. The lowest BCUT2D eigenvalue weighted by molar-refractivity contribution is 0.413. The standard InChI is InChI=1S/C17H21N3O/c1-12-6-4-5-7-15(12)20(2)11-13-8-9-16(21-3)14(10-13)17(18)19/h4-10H,11H2,1-3H3,(H3,18,19). The predicted octanol–water partition coefficient (Wildman–Crippen LogP) is 2.92. The lowest BCUT2D eigenvalue weighted by Gasteiger charge is -2.22. The molecule has 2 aromatic rings. The van der Waals surface area contributed by atoms with Crippen molar-refractivity contribution in [2.45, 2.75) is 13.5 Å². The molecule has 0 atom stereocenters. The minimum absolute atomic E-state index is 0.0206. The van der Waals surface area contributed by atoms with Crippen LogP contribution in [0.4, 0.5) is 5.69 Å². The zero-order chi connectivity index (χ0) is 15.4. The molecule has 3 N–H and O–H groups in total. The number of hydrogen-bond donors (Lipinski definition) is 2. The van der Waals surface area contributed by atoms with E-state index in [4.69, 9.17) is 15.9 Å². The van der Waals surface area contributed by atoms with Gasteiger partial charge in [-0.1, -0.05) is 24.3 Å². The van der Waals surface area contributed by atoms with Gasteiger partial charge in [-0.3, -0.25) is 5.41 Å². The summed E-state index contributed by atoms with van der Waals surface area (Å²) in [4.78, 5) is 2.18. The van der Waals surface area contributed by atoms with Gasteiger partial charge >= 0.3 is 0 Å². The van der Waals surface area contributed by atoms with Gasteiger partial charge in [0, 0.05) is 19.3 Å². The Kier molecular flexibility index (Phi) is 4.48. The number of nitrogen functional groups attached to an aromatic ring is 1. The number of methoxy groups -OCH3 is 1. The van der Waals surface area contributed by atoms with E-state index in [1.54, 1.807) is 7.11 Å². The molecule has 0 unspecified atom stereocenters. The molecule has 2 aromatic carbocycles. The van der Waals surface area contributed by atoms with Crippen LogP contribution in [0.3, 0.4) is 0 Å². The smallest absolute Gasteiger partial charge is 0.129 e. The van der Waals surface area contributed by atoms with Gasteiger partial charge in [0.05, 0.1) is 12.7 Å². The minimum Gasteiger partial charge on any atom is -0.496 e. The number of para-hydroxylation sites is 1. The van der Waals surface area contributed by atoms with Gasteiger partial charge in [-0.25, -0.2) is 0 Å². The summed E-state index contributed by atoms with van der Waals surface area (Å²) in [6.45, 7) is 2.84. The quantitative estimate of drug-likeness (QED) is 0.655. The lowest BCUT2D eigenvalue weighted by Crippen LogP contribution is -2.18. The third-order valence-electron chi connectivity index (χ3n) is 3.50. The molecule has 2 rings (SSSR count). The average Bonchev–Trinajstić information content (AvgIpc) is 2.47. The summed E-state index contributed by atoms with van der Waals surface area (Å²) in [6, 6.07) is 14.0. The molecule has 0 bridgehead atoms. The van der Waals surface area contributed by atoms with Gasteiger partial charge < -0.3 is 15.4 Å². The van der Waals surface area contributed by atoms with Crippen molar-refractivity contribution in [3.8, 4) is 5.75 Å². The number of amidine groups is 1. The molecule has 110 valence electrons. The largest absolute Gasteiger partial charge is 0.496 e. The molecule has 4 heteroatoms. The Bertz CT molecular complexity index is 652. The van der Waals surface area contributed by atoms with Crippen molar-refractivity contribution < 1.29 is 4.74 Å². The first-order valence-corrected chi connectivity index (χ1v) is 6.81. The van der Waals surface area contributed by atoms with Gasteiger partial charge in [0.15, 0.2) is 0 Å². The van der Waals surface area contributed by atoms with Crippen molar-refractivity contribution in [3.05, 3.63) is 59.2 Å². The number of ether oxygens (including phenoxy) is 1. The van der Waals surface area contributed by atoms with Crippen LogP contribution in [0.2, 0.25) is 0 Å². The number of anilines is 1. The molecule has 0 spiro atoms. The molecule has 0 aliphatic heterocycles. The van der Waals surface area contributed by atoms with Gasteiger partial charge in [0.2, 0.25) is 0 Å². The maximum atomic E-state index is 7.64. The number of rotatable bonds is 5. The monoisotopic (exact) mass is 283 g/mol. The van der Waals surface area contributed by atoms with E-state index in [9.17, 15) is 0 Å². The lowest BCUT2D eigenvalue weighted by atomic mass is 10.1. The number of nitrogens with two attached hydrogens (primary N) is 1. The van der Waals surface area contributed by atoms with Crippen LogP contribution in [0.25, 0.3) is 0 Å². The third kappa shape index (κ3) is 3.34. The van der Waals surface area contributed by atoms with Crippen LogP contribution >= 0.6 is 0 Å². The van der Waals surface area contributed by atoms with Gasteiger partial charge in [-0.2, -0.15) is 0 Å². The van der Waals surface area contributed by atoms with E-state index in [1.165, 1.54) is 11.3 Å². The van der Waals surface area contributed by atoms with Crippen molar-refractivity contribution in [3.63, 3.8) is 0 Å². The van der Waals surface area contributed by atoms with Gasteiger partial charge in [-0.15, -0.1) is 0 Å². The molecule has 0 saturated carbocycles. The molecule has 0 radical (unpaired) electrons. The Labute approximate surface area is 125 Å². The highest BCUT2D eigenvalue weighted by molar-refractivity contribution is 5.97. The maximum Gasteiger partial charge on any atom is 0.129 e. The van der Waals surface area contributed by atoms with E-state index in [1.807, 2.05) is 30.3 Å². The number of nitrogens with one attached hydrogen (secondary N) is 1. The molecular formula is C17H21N3O. The third-order valence-corrected chi connectivity index (χ3v) is 3.50. The second-order valence-corrected chi connectivity index (χ2v) is 5.09. The van der Waals surface area contributed by atoms with Crippen molar-refractivity contribution >= 4 is 11.5 Å². The normalized spacial score (nSPS) is 10.2. The van der Waals surface area contributed by atoms with Crippen LogP contribution in [0, 0.1) is 12.3 Å². The Hall–Kier alpha value is -2.49. The van der Waals surface area contributed by atoms with Crippen LogP contribution in [-0.4, -0.2) is 20.0 Å². The summed E-state index contributed by atoms with van der Waals surface area (Å²) in [5.74, 6) is 0.650. The van der Waals surface area contributed by atoms with Gasteiger partial charge in [0.25, 0.3) is 0 Å². The molecule has 0 aromatic heterocycles. The van der Waals surface area contributed by atoms with Crippen LogP contribution < -0.4 is 15.4 Å². The molecule has 4 nitrogen and oxygen atoms in total. The molecule has 0 heterocycles. The second kappa shape index (κ2) is 6.31. The van der Waals surface area contributed by atoms with Crippen molar-refractivity contribution in [1.29, 1.82) is 5.41 Å². The maximum absolute atomic E-state index is 7.64. The summed E-state index contributed by atoms with van der Waals surface area (Å²) >= 11 is 0. The molecule has 0 saturated heterocycles. The Balaban J connectivity index is 2.26. The van der Waals surface area contributed by atoms with Crippen molar-refractivity contribution in [2.75, 3.05) is 19.1 Å². The first kappa shape index (κ1) is 14.9. The topological polar surface area (TPSA) is 62.3 Å². The summed E-state index contributed by atoms with van der Waals surface area (Å²) in [6.07, 6.45) is 0. The molecule has 0 aliphatic carbocycles. The van der Waals surface area contributed by atoms with E-state index in [0.717, 1.165) is 12.1 Å². The highest BCUT2D eigenvalue weighted by Gasteiger charge is 2.10. The van der Waals surface area contributed by atoms with E-state index in [2.05, 4.69) is 31.0 Å². The summed E-state index contributed by atoms with van der Waals surface area (Å²) in [7, 11) is 3.64. The zero-order valence-electron chi connectivity index (χ0n) is 12.7. The number of aryl methyl sites for hydroxylation is 1. The van der Waals surface area contributed by atoms with Crippen LogP contribution in [0.5, 0.6) is 5.75 Å². The fraction of sp³-hybridized carbons (Fsp3) is 0.235. The second-order valence-electron chi connectivity index (χ2n) is 5.09. The number of hydrogen-bond acceptors (Lipinski definition) is 3. The van der Waals surface area contributed by atoms with Gasteiger partial charge in [-0.05, 0) is 36.2 Å². The van der Waals surface area contributed by atoms with Crippen molar-refractivity contribution in [1.82, 2.24) is 0 Å². The highest BCUT2D eigenvalue weighted by atomic mass is 16.5. The van der Waals surface area contributed by atoms with E-state index in [0.29, 0.717) is 11.3 Å². The Morgan fingerprint density at radius 3 is 2.57 bits per heavy atom. The minimum atomic E-state index is 0.0206. The summed E-state index contributed by atoms with van der Waals surface area (Å²) < 4.78 is 5.24. The Morgan fingerprint density at radius 2 is 1.95 bits per heavy atom. The van der Waals surface area contributed by atoms with Crippen LogP contribution in [0.1, 0.15) is 16.7 Å². The fourth-order valence-electron chi connectivity index (χ4n) is 2.41. The molecule has 0 aliphatic rings. The molecule has 0 amide bonds. The first-order valence-electron chi connectivity index (χ1n) is 6.81. The van der Waals surface area contributed by atoms with Crippen LogP contribution in [0.15, 0.2) is 42.5 Å². The van der Waals surface area contributed by atoms with Crippen molar-refractivity contribution in [2.24, 2.45) is 5.73 Å². The Morgan fingerprint density at radius 1 is 1.24 bits per heavy atom. The summed E-state index contributed by atoms with van der Waals surface area (Å²) in [5, 5.41) is 7.64. The van der Waals surface area contributed by atoms with E-state index in [-0.39, 0.29) is 5.84 Å². The summed E-state index contributed by atoms with van der Waals surface area (Å²) in [5.41, 5.74) is 9.77. The predicted molar refractivity (Wildman–Crippen MR) is 87.3 cm³/mol. The van der Waals surface area contributed by atoms with Crippen LogP contribution in [-0.2, 0) is 6.54 Å². The zero-order valence-corrected chi connectivity index (χ0v) is 12.7.